The first kappa shape index (κ1) is 13.5. The van der Waals surface area contributed by atoms with Crippen molar-refractivity contribution in [2.24, 2.45) is 11.7 Å². The fourth-order valence-corrected chi connectivity index (χ4v) is 3.32. The number of pyridine rings is 1. The van der Waals surface area contributed by atoms with Crippen molar-refractivity contribution >= 4 is 31.9 Å². The predicted molar refractivity (Wildman–Crippen MR) is 76.7 cm³/mol. The summed E-state index contributed by atoms with van der Waals surface area (Å²) in [6, 6.07) is 2.34. The predicted octanol–water partition coefficient (Wildman–Crippen LogP) is 2.78. The van der Waals surface area contributed by atoms with Crippen molar-refractivity contribution in [1.82, 2.24) is 9.88 Å². The van der Waals surface area contributed by atoms with Crippen molar-refractivity contribution in [3.8, 4) is 0 Å². The number of likely N-dealkylation sites (tertiary alicyclic amines) is 1. The lowest BCUT2D eigenvalue weighted by atomic mass is 10.0. The molecular weight excluding hydrogens is 346 g/mol. The largest absolute Gasteiger partial charge is 0.328 e. The van der Waals surface area contributed by atoms with Crippen molar-refractivity contribution in [3.05, 3.63) is 26.9 Å². The van der Waals surface area contributed by atoms with E-state index in [4.69, 9.17) is 5.73 Å². The number of rotatable bonds is 3. The van der Waals surface area contributed by atoms with Gasteiger partial charge in [0.1, 0.15) is 0 Å². The molecule has 17 heavy (non-hydrogen) atoms. The van der Waals surface area contributed by atoms with E-state index in [0.717, 1.165) is 34.3 Å². The SMILES string of the molecule is CC(N)C1CCN(Cc2ncc(Br)cc2Br)C1. The van der Waals surface area contributed by atoms with Gasteiger partial charge in [-0.3, -0.25) is 9.88 Å². The monoisotopic (exact) mass is 361 g/mol. The Labute approximate surface area is 119 Å². The number of nitrogens with two attached hydrogens (primary N) is 1. The van der Waals surface area contributed by atoms with Gasteiger partial charge in [-0.2, -0.15) is 0 Å². The maximum Gasteiger partial charge on any atom is 0.0686 e. The molecule has 2 rings (SSSR count). The zero-order valence-corrected chi connectivity index (χ0v) is 13.0. The van der Waals surface area contributed by atoms with Crippen LogP contribution in [0.15, 0.2) is 21.2 Å². The lowest BCUT2D eigenvalue weighted by Gasteiger charge is -2.18. The van der Waals surface area contributed by atoms with Crippen molar-refractivity contribution in [2.45, 2.75) is 25.9 Å². The maximum atomic E-state index is 5.95. The molecule has 2 heterocycles. The quantitative estimate of drug-likeness (QED) is 0.898. The van der Waals surface area contributed by atoms with Crippen LogP contribution >= 0.6 is 31.9 Å². The third kappa shape index (κ3) is 3.50. The Balaban J connectivity index is 1.98. The molecule has 1 aromatic rings. The van der Waals surface area contributed by atoms with Gasteiger partial charge >= 0.3 is 0 Å². The molecule has 1 aliphatic rings. The van der Waals surface area contributed by atoms with E-state index in [1.165, 1.54) is 6.42 Å². The lowest BCUT2D eigenvalue weighted by Crippen LogP contribution is -2.29. The fourth-order valence-electron chi connectivity index (χ4n) is 2.21. The van der Waals surface area contributed by atoms with E-state index >= 15 is 0 Å². The summed E-state index contributed by atoms with van der Waals surface area (Å²) in [6.07, 6.45) is 3.05. The van der Waals surface area contributed by atoms with Crippen LogP contribution in [0.25, 0.3) is 0 Å². The van der Waals surface area contributed by atoms with E-state index in [-0.39, 0.29) is 0 Å². The summed E-state index contributed by atoms with van der Waals surface area (Å²) in [5, 5.41) is 0. The Morgan fingerprint density at radius 1 is 1.59 bits per heavy atom. The second-order valence-electron chi connectivity index (χ2n) is 4.73. The highest BCUT2D eigenvalue weighted by Gasteiger charge is 2.25. The van der Waals surface area contributed by atoms with E-state index in [2.05, 4.69) is 48.7 Å². The van der Waals surface area contributed by atoms with Gasteiger partial charge in [0.25, 0.3) is 0 Å². The molecule has 5 heteroatoms. The second kappa shape index (κ2) is 5.78. The zero-order valence-electron chi connectivity index (χ0n) is 9.87. The maximum absolute atomic E-state index is 5.95. The number of nitrogens with zero attached hydrogens (tertiary/aromatic N) is 2. The van der Waals surface area contributed by atoms with E-state index in [0.29, 0.717) is 12.0 Å². The van der Waals surface area contributed by atoms with Gasteiger partial charge in [0.05, 0.1) is 5.69 Å². The number of halogens is 2. The summed E-state index contributed by atoms with van der Waals surface area (Å²) in [5.74, 6) is 0.629. The van der Waals surface area contributed by atoms with Crippen LogP contribution in [-0.4, -0.2) is 29.0 Å². The normalized spacial score (nSPS) is 22.9. The number of aromatic nitrogens is 1. The van der Waals surface area contributed by atoms with E-state index in [9.17, 15) is 0 Å². The lowest BCUT2D eigenvalue weighted by molar-refractivity contribution is 0.304. The van der Waals surface area contributed by atoms with Crippen molar-refractivity contribution < 1.29 is 0 Å². The van der Waals surface area contributed by atoms with Gasteiger partial charge in [0, 0.05) is 34.3 Å². The molecule has 2 N–H and O–H groups in total. The first-order chi connectivity index (χ1) is 8.06. The van der Waals surface area contributed by atoms with Crippen LogP contribution in [0.1, 0.15) is 19.0 Å². The minimum absolute atomic E-state index is 0.293. The Bertz CT molecular complexity index is 395. The van der Waals surface area contributed by atoms with Crippen LogP contribution in [0, 0.1) is 5.92 Å². The summed E-state index contributed by atoms with van der Waals surface area (Å²) in [7, 11) is 0. The molecule has 3 nitrogen and oxygen atoms in total. The van der Waals surface area contributed by atoms with Crippen LogP contribution in [0.3, 0.4) is 0 Å². The molecule has 0 aromatic carbocycles. The summed E-state index contributed by atoms with van der Waals surface area (Å²) in [4.78, 5) is 6.87. The topological polar surface area (TPSA) is 42.1 Å². The van der Waals surface area contributed by atoms with Gasteiger partial charge in [-0.15, -0.1) is 0 Å². The average molecular weight is 363 g/mol. The molecule has 0 aliphatic carbocycles. The van der Waals surface area contributed by atoms with Crippen LogP contribution < -0.4 is 5.73 Å². The summed E-state index contributed by atoms with van der Waals surface area (Å²) in [6.45, 7) is 5.21. The Morgan fingerprint density at radius 3 is 2.94 bits per heavy atom. The third-order valence-electron chi connectivity index (χ3n) is 3.31. The number of hydrogen-bond donors (Lipinski definition) is 1. The van der Waals surface area contributed by atoms with E-state index in [1.807, 2.05) is 12.3 Å². The zero-order chi connectivity index (χ0) is 12.4. The first-order valence-corrected chi connectivity index (χ1v) is 7.42. The molecule has 1 fully saturated rings. The van der Waals surface area contributed by atoms with E-state index in [1.54, 1.807) is 0 Å². The van der Waals surface area contributed by atoms with E-state index < -0.39 is 0 Å². The molecular formula is C12H17Br2N3. The molecule has 0 amide bonds. The molecule has 0 bridgehead atoms. The van der Waals surface area contributed by atoms with Crippen LogP contribution in [0.4, 0.5) is 0 Å². The first-order valence-electron chi connectivity index (χ1n) is 5.84. The van der Waals surface area contributed by atoms with Gasteiger partial charge in [-0.05, 0) is 63.7 Å². The van der Waals surface area contributed by atoms with Crippen molar-refractivity contribution in [2.75, 3.05) is 13.1 Å². The van der Waals surface area contributed by atoms with Gasteiger partial charge in [-0.25, -0.2) is 0 Å². The summed E-state index contributed by atoms with van der Waals surface area (Å²) in [5.41, 5.74) is 7.04. The van der Waals surface area contributed by atoms with Gasteiger partial charge < -0.3 is 5.73 Å². The molecule has 0 saturated carbocycles. The highest BCUT2D eigenvalue weighted by molar-refractivity contribution is 9.11. The van der Waals surface area contributed by atoms with Crippen LogP contribution in [0.2, 0.25) is 0 Å². The van der Waals surface area contributed by atoms with Crippen LogP contribution in [-0.2, 0) is 6.54 Å². The minimum Gasteiger partial charge on any atom is -0.328 e. The number of hydrogen-bond acceptors (Lipinski definition) is 3. The van der Waals surface area contributed by atoms with Crippen molar-refractivity contribution in [1.29, 1.82) is 0 Å². The highest BCUT2D eigenvalue weighted by Crippen LogP contribution is 2.24. The smallest absolute Gasteiger partial charge is 0.0686 e. The van der Waals surface area contributed by atoms with Gasteiger partial charge in [-0.1, -0.05) is 0 Å². The van der Waals surface area contributed by atoms with Crippen molar-refractivity contribution in [3.63, 3.8) is 0 Å². The molecule has 2 atom stereocenters. The van der Waals surface area contributed by atoms with Gasteiger partial charge in [0.2, 0.25) is 0 Å². The molecule has 2 unspecified atom stereocenters. The van der Waals surface area contributed by atoms with Crippen LogP contribution in [0.5, 0.6) is 0 Å². The van der Waals surface area contributed by atoms with Gasteiger partial charge in [0.15, 0.2) is 0 Å². The molecule has 0 spiro atoms. The minimum atomic E-state index is 0.293. The fraction of sp³-hybridized carbons (Fsp3) is 0.583. The Hall–Kier alpha value is 0.0300. The highest BCUT2D eigenvalue weighted by atomic mass is 79.9. The standard InChI is InChI=1S/C12H17Br2N3/c1-8(15)9-2-3-17(6-9)7-12-11(14)4-10(13)5-16-12/h4-5,8-9H,2-3,6-7,15H2,1H3. The summed E-state index contributed by atoms with van der Waals surface area (Å²) < 4.78 is 2.07. The molecule has 94 valence electrons. The molecule has 1 aliphatic heterocycles. The Morgan fingerprint density at radius 2 is 2.35 bits per heavy atom. The average Bonchev–Trinajstić information content (AvgIpc) is 2.71. The molecule has 1 saturated heterocycles. The molecule has 1 aromatic heterocycles. The Kier molecular flexibility index (Phi) is 4.58. The second-order valence-corrected chi connectivity index (χ2v) is 6.50. The summed E-state index contributed by atoms with van der Waals surface area (Å²) >= 11 is 6.97. The third-order valence-corrected chi connectivity index (χ3v) is 4.43. The molecule has 0 radical (unpaired) electrons.